The molecule has 0 amide bonds. The Morgan fingerprint density at radius 2 is 1.53 bits per heavy atom. The molecule has 0 saturated carbocycles. The van der Waals surface area contributed by atoms with Crippen LogP contribution in [-0.2, 0) is 9.59 Å². The van der Waals surface area contributed by atoms with Crippen molar-refractivity contribution in [3.8, 4) is 0 Å². The third-order valence-electron chi connectivity index (χ3n) is 2.12. The lowest BCUT2D eigenvalue weighted by molar-refractivity contribution is -0.113. The Bertz CT molecular complexity index is 484. The van der Waals surface area contributed by atoms with E-state index in [1.54, 1.807) is 12.1 Å². The smallest absolute Gasteiger partial charge is 0.198 e. The van der Waals surface area contributed by atoms with Gasteiger partial charge in [-0.05, 0) is 11.6 Å². The predicted octanol–water partition coefficient (Wildman–Crippen LogP) is 2.34. The SMILES string of the molecule is O=C1C=C(c2ccccc2)C(=O)C=C1Cl. The van der Waals surface area contributed by atoms with E-state index >= 15 is 0 Å². The molecule has 0 saturated heterocycles. The fourth-order valence-corrected chi connectivity index (χ4v) is 1.53. The van der Waals surface area contributed by atoms with Crippen LogP contribution in [0.15, 0.2) is 47.5 Å². The van der Waals surface area contributed by atoms with Crippen LogP contribution in [0.25, 0.3) is 5.57 Å². The summed E-state index contributed by atoms with van der Waals surface area (Å²) < 4.78 is 0. The number of rotatable bonds is 1. The molecule has 0 bridgehead atoms. The molecule has 2 nitrogen and oxygen atoms in total. The van der Waals surface area contributed by atoms with Gasteiger partial charge in [0, 0.05) is 11.6 Å². The number of benzene rings is 1. The Labute approximate surface area is 91.9 Å². The van der Waals surface area contributed by atoms with Crippen LogP contribution in [0.5, 0.6) is 0 Å². The average Bonchev–Trinajstić information content (AvgIpc) is 2.25. The van der Waals surface area contributed by atoms with Crippen molar-refractivity contribution < 1.29 is 9.59 Å². The van der Waals surface area contributed by atoms with Crippen LogP contribution in [0.1, 0.15) is 5.56 Å². The maximum atomic E-state index is 11.6. The Hall–Kier alpha value is -1.67. The monoisotopic (exact) mass is 218 g/mol. The second-order valence-corrected chi connectivity index (χ2v) is 3.55. The molecular formula is C12H7ClO2. The van der Waals surface area contributed by atoms with Crippen LogP contribution in [0.2, 0.25) is 0 Å². The summed E-state index contributed by atoms with van der Waals surface area (Å²) in [4.78, 5) is 22.9. The van der Waals surface area contributed by atoms with Gasteiger partial charge in [-0.3, -0.25) is 9.59 Å². The van der Waals surface area contributed by atoms with Gasteiger partial charge >= 0.3 is 0 Å². The summed E-state index contributed by atoms with van der Waals surface area (Å²) in [5.41, 5.74) is 1.13. The zero-order valence-electron chi connectivity index (χ0n) is 7.74. The highest BCUT2D eigenvalue weighted by Gasteiger charge is 2.19. The molecule has 0 spiro atoms. The maximum Gasteiger partial charge on any atom is 0.198 e. The minimum Gasteiger partial charge on any atom is -0.289 e. The van der Waals surface area contributed by atoms with E-state index < -0.39 is 0 Å². The molecule has 0 unspecified atom stereocenters. The maximum absolute atomic E-state index is 11.6. The molecule has 0 aromatic heterocycles. The molecule has 0 atom stereocenters. The molecule has 1 aliphatic rings. The second-order valence-electron chi connectivity index (χ2n) is 3.14. The fraction of sp³-hybridized carbons (Fsp3) is 0. The summed E-state index contributed by atoms with van der Waals surface area (Å²) in [6, 6.07) is 9.04. The predicted molar refractivity (Wildman–Crippen MR) is 58.4 cm³/mol. The summed E-state index contributed by atoms with van der Waals surface area (Å²) >= 11 is 5.56. The zero-order valence-corrected chi connectivity index (χ0v) is 8.49. The first-order chi connectivity index (χ1) is 7.18. The van der Waals surface area contributed by atoms with Crippen molar-refractivity contribution in [2.24, 2.45) is 0 Å². The minimum absolute atomic E-state index is 0.0281. The largest absolute Gasteiger partial charge is 0.289 e. The molecule has 15 heavy (non-hydrogen) atoms. The van der Waals surface area contributed by atoms with Gasteiger partial charge in [-0.1, -0.05) is 41.9 Å². The van der Waals surface area contributed by atoms with Crippen molar-refractivity contribution in [2.75, 3.05) is 0 Å². The molecule has 0 radical (unpaired) electrons. The number of carbonyl (C=O) groups excluding carboxylic acids is 2. The van der Waals surface area contributed by atoms with E-state index in [1.165, 1.54) is 6.08 Å². The first-order valence-electron chi connectivity index (χ1n) is 4.41. The molecule has 1 aromatic rings. The van der Waals surface area contributed by atoms with E-state index in [9.17, 15) is 9.59 Å². The molecule has 0 N–H and O–H groups in total. The molecule has 3 heteroatoms. The Kier molecular flexibility index (Phi) is 2.52. The molecule has 0 heterocycles. The number of carbonyl (C=O) groups is 2. The Balaban J connectivity index is 2.45. The number of ketones is 2. The molecule has 74 valence electrons. The van der Waals surface area contributed by atoms with Gasteiger partial charge in [-0.25, -0.2) is 0 Å². The van der Waals surface area contributed by atoms with Gasteiger partial charge in [-0.2, -0.15) is 0 Å². The number of halogens is 1. The molecule has 2 rings (SSSR count). The van der Waals surface area contributed by atoms with Gasteiger partial charge in [0.25, 0.3) is 0 Å². The third-order valence-corrected chi connectivity index (χ3v) is 2.41. The van der Waals surface area contributed by atoms with Crippen LogP contribution in [0.3, 0.4) is 0 Å². The summed E-state index contributed by atoms with van der Waals surface area (Å²) in [5, 5.41) is -0.0281. The first kappa shape index (κ1) is 9.87. The van der Waals surface area contributed by atoms with Crippen molar-refractivity contribution in [3.63, 3.8) is 0 Å². The molecule has 0 fully saturated rings. The lowest BCUT2D eigenvalue weighted by Gasteiger charge is -2.08. The molecule has 1 aliphatic carbocycles. The fourth-order valence-electron chi connectivity index (χ4n) is 1.38. The van der Waals surface area contributed by atoms with Crippen LogP contribution in [-0.4, -0.2) is 11.6 Å². The molecule has 0 aliphatic heterocycles. The zero-order chi connectivity index (χ0) is 10.8. The molecule has 1 aromatic carbocycles. The van der Waals surface area contributed by atoms with Gasteiger partial charge in [0.1, 0.15) is 0 Å². The highest BCUT2D eigenvalue weighted by atomic mass is 35.5. The van der Waals surface area contributed by atoms with Crippen LogP contribution in [0, 0.1) is 0 Å². The van der Waals surface area contributed by atoms with Crippen molar-refractivity contribution in [1.82, 2.24) is 0 Å². The van der Waals surface area contributed by atoms with Gasteiger partial charge in [0.2, 0.25) is 0 Å². The first-order valence-corrected chi connectivity index (χ1v) is 4.79. The summed E-state index contributed by atoms with van der Waals surface area (Å²) in [7, 11) is 0. The highest BCUT2D eigenvalue weighted by molar-refractivity contribution is 6.50. The topological polar surface area (TPSA) is 34.1 Å². The minimum atomic E-state index is -0.324. The summed E-state index contributed by atoms with van der Waals surface area (Å²) in [6.45, 7) is 0. The van der Waals surface area contributed by atoms with Crippen molar-refractivity contribution >= 4 is 28.7 Å². The summed E-state index contributed by atoms with van der Waals surface area (Å²) in [6.07, 6.45) is 2.44. The quantitative estimate of drug-likeness (QED) is 0.678. The van der Waals surface area contributed by atoms with Crippen LogP contribution < -0.4 is 0 Å². The van der Waals surface area contributed by atoms with Crippen LogP contribution in [0.4, 0.5) is 0 Å². The van der Waals surface area contributed by atoms with Gasteiger partial charge < -0.3 is 0 Å². The third kappa shape index (κ3) is 1.90. The number of hydrogen-bond donors (Lipinski definition) is 0. The number of hydrogen-bond acceptors (Lipinski definition) is 2. The van der Waals surface area contributed by atoms with Gasteiger partial charge in [0.05, 0.1) is 5.03 Å². The van der Waals surface area contributed by atoms with Crippen molar-refractivity contribution in [1.29, 1.82) is 0 Å². The number of allylic oxidation sites excluding steroid dienone is 4. The van der Waals surface area contributed by atoms with E-state index in [1.807, 2.05) is 18.2 Å². The van der Waals surface area contributed by atoms with E-state index in [0.29, 0.717) is 5.57 Å². The summed E-state index contributed by atoms with van der Waals surface area (Å²) in [5.74, 6) is -0.555. The Morgan fingerprint density at radius 3 is 2.20 bits per heavy atom. The van der Waals surface area contributed by atoms with Crippen molar-refractivity contribution in [2.45, 2.75) is 0 Å². The highest BCUT2D eigenvalue weighted by Crippen LogP contribution is 2.22. The van der Waals surface area contributed by atoms with E-state index in [4.69, 9.17) is 11.6 Å². The lowest BCUT2D eigenvalue weighted by atomic mass is 9.96. The van der Waals surface area contributed by atoms with Gasteiger partial charge in [-0.15, -0.1) is 0 Å². The Morgan fingerprint density at radius 1 is 0.867 bits per heavy atom. The lowest BCUT2D eigenvalue weighted by Crippen LogP contribution is -2.09. The second kappa shape index (κ2) is 3.83. The van der Waals surface area contributed by atoms with Gasteiger partial charge in [0.15, 0.2) is 11.6 Å². The van der Waals surface area contributed by atoms with Crippen LogP contribution >= 0.6 is 11.6 Å². The van der Waals surface area contributed by atoms with Crippen molar-refractivity contribution in [3.05, 3.63) is 53.1 Å². The van der Waals surface area contributed by atoms with E-state index in [2.05, 4.69) is 0 Å². The van der Waals surface area contributed by atoms with E-state index in [-0.39, 0.29) is 16.6 Å². The molecular weight excluding hydrogens is 212 g/mol. The standard InChI is InChI=1S/C12H7ClO2/c13-10-7-11(14)9(6-12(10)15)8-4-2-1-3-5-8/h1-7H. The average molecular weight is 219 g/mol. The van der Waals surface area contributed by atoms with E-state index in [0.717, 1.165) is 11.6 Å². The normalized spacial score (nSPS) is 16.1.